The first-order valence-corrected chi connectivity index (χ1v) is 23.4. The van der Waals surface area contributed by atoms with Gasteiger partial charge >= 0.3 is 0 Å². The molecule has 1 heterocycles. The fraction of sp³-hybridized carbons (Fsp3) is 0.0303. The standard InChI is InChI=1S/C66H42O/c1-3-15-49-47(13-1)39-59(53-19-7-5-17-51(49)53)41-25-29-43(30-26-41)65-56-22-9-10-23-57(56)66(44-31-27-42(28-32-44)60-40-48-14-2-4-16-50(48)52-18-6-8-20-54(52)60)62-38-45(33-35-58(62)65)46-34-36-64-61(37-46)55-21-11-12-24-63(55)67-64/h1-40,55,63H. The van der Waals surface area contributed by atoms with Crippen molar-refractivity contribution in [3.63, 3.8) is 0 Å². The van der Waals surface area contributed by atoms with Crippen LogP contribution in [0.2, 0.25) is 0 Å². The van der Waals surface area contributed by atoms with Crippen LogP contribution >= 0.6 is 0 Å². The molecule has 14 rings (SSSR count). The third-order valence-corrected chi connectivity index (χ3v) is 14.6. The number of hydrogen-bond donors (Lipinski definition) is 0. The zero-order valence-electron chi connectivity index (χ0n) is 36.7. The van der Waals surface area contributed by atoms with Crippen LogP contribution in [-0.2, 0) is 0 Å². The third-order valence-electron chi connectivity index (χ3n) is 14.6. The van der Waals surface area contributed by atoms with Gasteiger partial charge in [-0.25, -0.2) is 0 Å². The molecule has 1 heteroatoms. The Labute approximate surface area is 389 Å². The number of rotatable bonds is 5. The van der Waals surface area contributed by atoms with Crippen LogP contribution in [0.15, 0.2) is 243 Å². The van der Waals surface area contributed by atoms with E-state index in [2.05, 4.69) is 243 Å². The van der Waals surface area contributed by atoms with Crippen LogP contribution in [-0.4, -0.2) is 6.10 Å². The molecule has 12 aromatic carbocycles. The number of hydrogen-bond acceptors (Lipinski definition) is 1. The Bertz CT molecular complexity index is 4060. The first-order valence-electron chi connectivity index (χ1n) is 23.4. The maximum absolute atomic E-state index is 6.39. The summed E-state index contributed by atoms with van der Waals surface area (Å²) in [6.07, 6.45) is 8.73. The van der Waals surface area contributed by atoms with Gasteiger partial charge in [-0.15, -0.1) is 0 Å². The predicted molar refractivity (Wildman–Crippen MR) is 284 cm³/mol. The van der Waals surface area contributed by atoms with E-state index in [4.69, 9.17) is 4.74 Å². The summed E-state index contributed by atoms with van der Waals surface area (Å²) in [5, 5.41) is 15.1. The van der Waals surface area contributed by atoms with Crippen LogP contribution in [0.4, 0.5) is 0 Å². The summed E-state index contributed by atoms with van der Waals surface area (Å²) >= 11 is 0. The molecule has 2 atom stereocenters. The quantitative estimate of drug-likeness (QED) is 0.124. The highest BCUT2D eigenvalue weighted by molar-refractivity contribution is 6.22. The van der Waals surface area contributed by atoms with Gasteiger partial charge in [0, 0.05) is 11.5 Å². The largest absolute Gasteiger partial charge is 0.485 e. The molecule has 12 aromatic rings. The van der Waals surface area contributed by atoms with Crippen molar-refractivity contribution in [2.45, 2.75) is 12.0 Å². The lowest BCUT2D eigenvalue weighted by Crippen LogP contribution is -2.15. The average Bonchev–Trinajstić information content (AvgIpc) is 3.78. The summed E-state index contributed by atoms with van der Waals surface area (Å²) < 4.78 is 6.39. The van der Waals surface area contributed by atoms with E-state index in [0.29, 0.717) is 0 Å². The van der Waals surface area contributed by atoms with Crippen LogP contribution in [0.5, 0.6) is 5.75 Å². The van der Waals surface area contributed by atoms with E-state index in [-0.39, 0.29) is 12.0 Å². The predicted octanol–water partition coefficient (Wildman–Crippen LogP) is 17.9. The van der Waals surface area contributed by atoms with Crippen LogP contribution in [0.25, 0.3) is 120 Å². The van der Waals surface area contributed by atoms with E-state index >= 15 is 0 Å². The monoisotopic (exact) mass is 850 g/mol. The Morgan fingerprint density at radius 2 is 0.701 bits per heavy atom. The minimum atomic E-state index is 0.0503. The molecular weight excluding hydrogens is 809 g/mol. The molecule has 0 radical (unpaired) electrons. The molecule has 0 saturated heterocycles. The summed E-state index contributed by atoms with van der Waals surface area (Å²) in [5.74, 6) is 1.20. The highest BCUT2D eigenvalue weighted by Crippen LogP contribution is 2.48. The van der Waals surface area contributed by atoms with Crippen molar-refractivity contribution < 1.29 is 4.74 Å². The van der Waals surface area contributed by atoms with E-state index in [1.807, 2.05) is 0 Å². The zero-order chi connectivity index (χ0) is 44.0. The summed E-state index contributed by atoms with van der Waals surface area (Å²) in [4.78, 5) is 0. The van der Waals surface area contributed by atoms with Gasteiger partial charge in [0.2, 0.25) is 0 Å². The molecule has 0 N–H and O–H groups in total. The van der Waals surface area contributed by atoms with Crippen LogP contribution in [0.3, 0.4) is 0 Å². The van der Waals surface area contributed by atoms with Gasteiger partial charge in [0.1, 0.15) is 11.9 Å². The molecule has 2 unspecified atom stereocenters. The normalized spacial score (nSPS) is 15.2. The van der Waals surface area contributed by atoms with E-state index < -0.39 is 0 Å². The molecule has 67 heavy (non-hydrogen) atoms. The van der Waals surface area contributed by atoms with Crippen LogP contribution in [0, 0.1) is 0 Å². The second-order valence-corrected chi connectivity index (χ2v) is 18.2. The Morgan fingerprint density at radius 1 is 0.284 bits per heavy atom. The first kappa shape index (κ1) is 37.8. The summed E-state index contributed by atoms with van der Waals surface area (Å²) in [6, 6.07) is 81.3. The van der Waals surface area contributed by atoms with Gasteiger partial charge in [0.25, 0.3) is 0 Å². The highest BCUT2D eigenvalue weighted by atomic mass is 16.5. The molecule has 0 amide bonds. The number of fused-ring (bicyclic) bond motifs is 11. The lowest BCUT2D eigenvalue weighted by molar-refractivity contribution is 0.269. The average molecular weight is 851 g/mol. The van der Waals surface area contributed by atoms with Crippen molar-refractivity contribution in [2.24, 2.45) is 0 Å². The molecule has 0 bridgehead atoms. The van der Waals surface area contributed by atoms with Crippen molar-refractivity contribution in [3.05, 3.63) is 248 Å². The van der Waals surface area contributed by atoms with Crippen molar-refractivity contribution in [2.75, 3.05) is 0 Å². The molecular formula is C66H42O. The number of ether oxygens (including phenoxy) is 1. The molecule has 0 saturated carbocycles. The van der Waals surface area contributed by atoms with E-state index in [1.54, 1.807) is 0 Å². The molecule has 0 fully saturated rings. The van der Waals surface area contributed by atoms with E-state index in [0.717, 1.165) is 5.75 Å². The fourth-order valence-corrected chi connectivity index (χ4v) is 11.4. The van der Waals surface area contributed by atoms with E-state index in [9.17, 15) is 0 Å². The van der Waals surface area contributed by atoms with Crippen LogP contribution in [0.1, 0.15) is 11.5 Å². The Morgan fingerprint density at radius 3 is 1.28 bits per heavy atom. The highest BCUT2D eigenvalue weighted by Gasteiger charge is 2.32. The zero-order valence-corrected chi connectivity index (χ0v) is 36.7. The molecule has 0 aromatic heterocycles. The molecule has 1 aliphatic carbocycles. The van der Waals surface area contributed by atoms with Crippen molar-refractivity contribution in [1.82, 2.24) is 0 Å². The van der Waals surface area contributed by atoms with Gasteiger partial charge in [-0.2, -0.15) is 0 Å². The maximum atomic E-state index is 6.39. The topological polar surface area (TPSA) is 9.23 Å². The third kappa shape index (κ3) is 6.02. The van der Waals surface area contributed by atoms with Gasteiger partial charge in [-0.3, -0.25) is 0 Å². The molecule has 1 aliphatic heterocycles. The summed E-state index contributed by atoms with van der Waals surface area (Å²) in [7, 11) is 0. The summed E-state index contributed by atoms with van der Waals surface area (Å²) in [6.45, 7) is 0. The lowest BCUT2D eigenvalue weighted by atomic mass is 9.83. The van der Waals surface area contributed by atoms with Gasteiger partial charge in [-0.05, 0) is 157 Å². The minimum Gasteiger partial charge on any atom is -0.485 e. The molecule has 1 nitrogen and oxygen atoms in total. The molecule has 312 valence electrons. The second kappa shape index (κ2) is 15.0. The maximum Gasteiger partial charge on any atom is 0.128 e. The van der Waals surface area contributed by atoms with Gasteiger partial charge in [0.15, 0.2) is 0 Å². The van der Waals surface area contributed by atoms with Gasteiger partial charge in [-0.1, -0.05) is 206 Å². The summed E-state index contributed by atoms with van der Waals surface area (Å²) in [5.41, 5.74) is 13.4. The Hall–Kier alpha value is -8.52. The van der Waals surface area contributed by atoms with Crippen molar-refractivity contribution in [1.29, 1.82) is 0 Å². The lowest BCUT2D eigenvalue weighted by Gasteiger charge is -2.19. The number of allylic oxidation sites excluding steroid dienone is 2. The minimum absolute atomic E-state index is 0.0503. The second-order valence-electron chi connectivity index (χ2n) is 18.2. The first-order chi connectivity index (χ1) is 33.2. The van der Waals surface area contributed by atoms with Crippen LogP contribution < -0.4 is 4.74 Å². The Balaban J connectivity index is 0.960. The van der Waals surface area contributed by atoms with Crippen molar-refractivity contribution in [3.8, 4) is 61.4 Å². The molecule has 0 spiro atoms. The number of benzene rings is 12. The Kier molecular flexibility index (Phi) is 8.48. The van der Waals surface area contributed by atoms with Gasteiger partial charge in [0.05, 0.1) is 0 Å². The molecule has 2 aliphatic rings. The SMILES string of the molecule is C1=CC2Oc3ccc(-c4ccc5c(-c6ccc(-c7cc8ccccc8c8ccccc78)cc6)c6ccccc6c(-c6ccc(-c7cc8ccccc8c8ccccc78)cc6)c5c4)cc3C2C=C1. The fourth-order valence-electron chi connectivity index (χ4n) is 11.4. The van der Waals surface area contributed by atoms with Gasteiger partial charge < -0.3 is 4.74 Å². The smallest absolute Gasteiger partial charge is 0.128 e. The van der Waals surface area contributed by atoms with Crippen molar-refractivity contribution >= 4 is 64.6 Å². The van der Waals surface area contributed by atoms with E-state index in [1.165, 1.54) is 126 Å².